The zero-order valence-electron chi connectivity index (χ0n) is 17.3. The molecule has 6 nitrogen and oxygen atoms in total. The quantitative estimate of drug-likeness (QED) is 0.723. The molecular weight excluding hydrogens is 380 g/mol. The Kier molecular flexibility index (Phi) is 7.34. The van der Waals surface area contributed by atoms with Crippen LogP contribution in [0, 0.1) is 0 Å². The van der Waals surface area contributed by atoms with Crippen LogP contribution in [0.25, 0.3) is 0 Å². The molecule has 0 saturated carbocycles. The number of carbonyl (C=O) groups is 1. The van der Waals surface area contributed by atoms with Gasteiger partial charge < -0.3 is 19.5 Å². The van der Waals surface area contributed by atoms with Gasteiger partial charge in [-0.25, -0.2) is 0 Å². The first-order valence-corrected chi connectivity index (χ1v) is 10.8. The average molecular weight is 411 g/mol. The number of morpholine rings is 1. The number of anilines is 1. The van der Waals surface area contributed by atoms with Crippen LogP contribution in [0.3, 0.4) is 0 Å². The molecule has 2 saturated heterocycles. The predicted molar refractivity (Wildman–Crippen MR) is 116 cm³/mol. The molecule has 160 valence electrons. The van der Waals surface area contributed by atoms with Crippen molar-refractivity contribution in [3.8, 4) is 5.75 Å². The number of nitrogens with zero attached hydrogens (tertiary/aromatic N) is 1. The third-order valence-electron chi connectivity index (χ3n) is 5.61. The summed E-state index contributed by atoms with van der Waals surface area (Å²) < 4.78 is 16.7. The summed E-state index contributed by atoms with van der Waals surface area (Å²) in [5, 5.41) is 2.96. The Hall–Kier alpha value is -2.41. The van der Waals surface area contributed by atoms with Crippen molar-refractivity contribution in [2.75, 3.05) is 51.4 Å². The van der Waals surface area contributed by atoms with Crippen LogP contribution in [-0.4, -0.2) is 63.0 Å². The minimum Gasteiger partial charge on any atom is -0.491 e. The monoisotopic (exact) mass is 410 g/mol. The molecule has 1 amide bonds. The van der Waals surface area contributed by atoms with E-state index in [4.69, 9.17) is 14.2 Å². The predicted octanol–water partition coefficient (Wildman–Crippen LogP) is 3.37. The zero-order chi connectivity index (χ0) is 20.6. The Bertz CT molecular complexity index is 795. The normalized spacial score (nSPS) is 19.5. The summed E-state index contributed by atoms with van der Waals surface area (Å²) in [7, 11) is 0. The molecule has 2 aliphatic heterocycles. The van der Waals surface area contributed by atoms with Crippen molar-refractivity contribution < 1.29 is 19.0 Å². The highest BCUT2D eigenvalue weighted by Crippen LogP contribution is 2.18. The van der Waals surface area contributed by atoms with E-state index in [2.05, 4.69) is 22.3 Å². The van der Waals surface area contributed by atoms with Gasteiger partial charge in [-0.2, -0.15) is 0 Å². The number of nitrogens with one attached hydrogen (secondary N) is 1. The molecule has 1 atom stereocenters. The first-order valence-electron chi connectivity index (χ1n) is 10.8. The summed E-state index contributed by atoms with van der Waals surface area (Å²) in [5.74, 6) is 0.633. The zero-order valence-corrected chi connectivity index (χ0v) is 17.3. The van der Waals surface area contributed by atoms with Gasteiger partial charge in [0.05, 0.1) is 19.3 Å². The van der Waals surface area contributed by atoms with Crippen LogP contribution >= 0.6 is 0 Å². The van der Waals surface area contributed by atoms with Gasteiger partial charge in [0.2, 0.25) is 0 Å². The highest BCUT2D eigenvalue weighted by atomic mass is 16.5. The molecule has 0 spiro atoms. The van der Waals surface area contributed by atoms with Gasteiger partial charge in [-0.3, -0.25) is 9.69 Å². The van der Waals surface area contributed by atoms with Crippen molar-refractivity contribution in [2.45, 2.75) is 25.4 Å². The molecule has 2 heterocycles. The Morgan fingerprint density at radius 2 is 1.80 bits per heavy atom. The maximum absolute atomic E-state index is 12.5. The molecule has 4 rings (SSSR count). The molecular formula is C24H30N2O4. The molecule has 0 aromatic heterocycles. The van der Waals surface area contributed by atoms with E-state index in [1.54, 1.807) is 12.1 Å². The second-order valence-corrected chi connectivity index (χ2v) is 7.83. The van der Waals surface area contributed by atoms with Crippen molar-refractivity contribution >= 4 is 11.6 Å². The van der Waals surface area contributed by atoms with E-state index in [1.807, 2.05) is 24.3 Å². The molecule has 2 aromatic carbocycles. The van der Waals surface area contributed by atoms with Crippen LogP contribution in [-0.2, 0) is 15.9 Å². The second-order valence-electron chi connectivity index (χ2n) is 7.83. The molecule has 0 radical (unpaired) electrons. The topological polar surface area (TPSA) is 60.0 Å². The lowest BCUT2D eigenvalue weighted by atomic mass is 10.1. The van der Waals surface area contributed by atoms with Gasteiger partial charge in [-0.05, 0) is 61.2 Å². The van der Waals surface area contributed by atoms with Gasteiger partial charge in [0.1, 0.15) is 12.4 Å². The Labute approximate surface area is 178 Å². The maximum atomic E-state index is 12.5. The van der Waals surface area contributed by atoms with Crippen molar-refractivity contribution in [1.82, 2.24) is 4.90 Å². The molecule has 1 unspecified atom stereocenters. The van der Waals surface area contributed by atoms with Crippen LogP contribution in [0.15, 0.2) is 48.5 Å². The minimum absolute atomic E-state index is 0.123. The number of rotatable bonds is 8. The van der Waals surface area contributed by atoms with Crippen LogP contribution in [0.5, 0.6) is 5.75 Å². The highest BCUT2D eigenvalue weighted by Gasteiger charge is 2.16. The summed E-state index contributed by atoms with van der Waals surface area (Å²) in [6.45, 7) is 6.08. The molecule has 2 aromatic rings. The van der Waals surface area contributed by atoms with E-state index in [1.165, 1.54) is 5.56 Å². The summed E-state index contributed by atoms with van der Waals surface area (Å²) in [4.78, 5) is 14.9. The summed E-state index contributed by atoms with van der Waals surface area (Å²) >= 11 is 0. The number of amides is 1. The maximum Gasteiger partial charge on any atom is 0.255 e. The van der Waals surface area contributed by atoms with Crippen LogP contribution in [0.2, 0.25) is 0 Å². The lowest BCUT2D eigenvalue weighted by Gasteiger charge is -2.26. The van der Waals surface area contributed by atoms with Gasteiger partial charge in [0, 0.05) is 37.5 Å². The van der Waals surface area contributed by atoms with E-state index in [0.29, 0.717) is 12.2 Å². The lowest BCUT2D eigenvalue weighted by Crippen LogP contribution is -2.37. The van der Waals surface area contributed by atoms with Crippen molar-refractivity contribution in [2.24, 2.45) is 0 Å². The SMILES string of the molecule is O=C(Nc1ccc(CCN2CCOCC2)cc1)c1ccc(OCC2CCCO2)cc1. The molecule has 30 heavy (non-hydrogen) atoms. The van der Waals surface area contributed by atoms with E-state index in [0.717, 1.165) is 70.2 Å². The number of hydrogen-bond donors (Lipinski definition) is 1. The van der Waals surface area contributed by atoms with E-state index < -0.39 is 0 Å². The van der Waals surface area contributed by atoms with Crippen LogP contribution in [0.4, 0.5) is 5.69 Å². The van der Waals surface area contributed by atoms with Gasteiger partial charge in [0.15, 0.2) is 0 Å². The van der Waals surface area contributed by atoms with Crippen LogP contribution in [0.1, 0.15) is 28.8 Å². The standard InChI is InChI=1S/C24H30N2O4/c27-24(20-5-9-22(10-6-20)30-18-23-2-1-15-29-23)25-21-7-3-19(4-8-21)11-12-26-13-16-28-17-14-26/h3-10,23H,1-2,11-18H2,(H,25,27). The van der Waals surface area contributed by atoms with Crippen molar-refractivity contribution in [1.29, 1.82) is 0 Å². The summed E-state index contributed by atoms with van der Waals surface area (Å²) in [6.07, 6.45) is 3.33. The number of hydrogen-bond acceptors (Lipinski definition) is 5. The second kappa shape index (κ2) is 10.6. The molecule has 0 aliphatic carbocycles. The van der Waals surface area contributed by atoms with Gasteiger partial charge in [0.25, 0.3) is 5.91 Å². The van der Waals surface area contributed by atoms with E-state index >= 15 is 0 Å². The third-order valence-corrected chi connectivity index (χ3v) is 5.61. The average Bonchev–Trinajstić information content (AvgIpc) is 3.32. The smallest absolute Gasteiger partial charge is 0.255 e. The Balaban J connectivity index is 1.23. The lowest BCUT2D eigenvalue weighted by molar-refractivity contribution is 0.0384. The number of ether oxygens (including phenoxy) is 3. The molecule has 2 fully saturated rings. The van der Waals surface area contributed by atoms with Gasteiger partial charge in [-0.15, -0.1) is 0 Å². The number of benzene rings is 2. The summed E-state index contributed by atoms with van der Waals surface area (Å²) in [5.41, 5.74) is 2.68. The fourth-order valence-electron chi connectivity index (χ4n) is 3.74. The molecule has 0 bridgehead atoms. The van der Waals surface area contributed by atoms with Crippen molar-refractivity contribution in [3.63, 3.8) is 0 Å². The molecule has 2 aliphatic rings. The molecule has 1 N–H and O–H groups in total. The first kappa shape index (κ1) is 20.8. The van der Waals surface area contributed by atoms with E-state index in [-0.39, 0.29) is 12.0 Å². The summed E-state index contributed by atoms with van der Waals surface area (Å²) in [6, 6.07) is 15.3. The molecule has 6 heteroatoms. The van der Waals surface area contributed by atoms with Gasteiger partial charge in [-0.1, -0.05) is 12.1 Å². The Morgan fingerprint density at radius 3 is 2.50 bits per heavy atom. The Morgan fingerprint density at radius 1 is 1.03 bits per heavy atom. The first-order chi connectivity index (χ1) is 14.8. The largest absolute Gasteiger partial charge is 0.491 e. The highest BCUT2D eigenvalue weighted by molar-refractivity contribution is 6.04. The fourth-order valence-corrected chi connectivity index (χ4v) is 3.74. The number of carbonyl (C=O) groups excluding carboxylic acids is 1. The van der Waals surface area contributed by atoms with Crippen LogP contribution < -0.4 is 10.1 Å². The van der Waals surface area contributed by atoms with E-state index in [9.17, 15) is 4.79 Å². The third kappa shape index (κ3) is 6.05. The minimum atomic E-state index is -0.123. The van der Waals surface area contributed by atoms with Crippen molar-refractivity contribution in [3.05, 3.63) is 59.7 Å². The fraction of sp³-hybridized carbons (Fsp3) is 0.458. The van der Waals surface area contributed by atoms with Gasteiger partial charge >= 0.3 is 0 Å².